The normalized spacial score (nSPS) is 34.6. The van der Waals surface area contributed by atoms with E-state index in [4.69, 9.17) is 21.1 Å². The van der Waals surface area contributed by atoms with Crippen LogP contribution in [0.2, 0.25) is 5.02 Å². The van der Waals surface area contributed by atoms with Crippen molar-refractivity contribution < 1.29 is 19.1 Å². The molecule has 36 heavy (non-hydrogen) atoms. The van der Waals surface area contributed by atoms with Gasteiger partial charge in [0, 0.05) is 17.1 Å². The second-order valence-electron chi connectivity index (χ2n) is 13.3. The van der Waals surface area contributed by atoms with E-state index >= 15 is 0 Å². The van der Waals surface area contributed by atoms with Gasteiger partial charge in [-0.25, -0.2) is 4.79 Å². The van der Waals surface area contributed by atoms with Crippen LogP contribution in [-0.4, -0.2) is 41.8 Å². The third-order valence-corrected chi connectivity index (χ3v) is 9.64. The predicted octanol–water partition coefficient (Wildman–Crippen LogP) is 5.96. The summed E-state index contributed by atoms with van der Waals surface area (Å²) in [4.78, 5) is 27.7. The fourth-order valence-electron chi connectivity index (χ4n) is 6.64. The highest BCUT2D eigenvalue weighted by Gasteiger charge is 2.76. The highest BCUT2D eigenvalue weighted by Crippen LogP contribution is 2.71. The van der Waals surface area contributed by atoms with Gasteiger partial charge in [-0.15, -0.1) is 0 Å². The monoisotopic (exact) mass is 514 g/mol. The zero-order valence-electron chi connectivity index (χ0n) is 22.6. The topological polar surface area (TPSA) is 67.9 Å². The van der Waals surface area contributed by atoms with Gasteiger partial charge in [0.25, 0.3) is 0 Å². The Bertz CT molecular complexity index is 1130. The highest BCUT2D eigenvalue weighted by atomic mass is 35.5. The first-order valence-electron chi connectivity index (χ1n) is 13.0. The lowest BCUT2D eigenvalue weighted by Gasteiger charge is -2.72. The highest BCUT2D eigenvalue weighted by molar-refractivity contribution is 6.31. The number of halogens is 1. The molecule has 2 amide bonds. The van der Waals surface area contributed by atoms with E-state index in [1.54, 1.807) is 0 Å². The van der Waals surface area contributed by atoms with Crippen LogP contribution in [0.5, 0.6) is 0 Å². The van der Waals surface area contributed by atoms with E-state index < -0.39 is 11.0 Å². The quantitative estimate of drug-likeness (QED) is 0.492. The summed E-state index contributed by atoms with van der Waals surface area (Å²) in [6.07, 6.45) is 5.95. The van der Waals surface area contributed by atoms with Gasteiger partial charge >= 0.3 is 12.0 Å². The average Bonchev–Trinajstić information content (AvgIpc) is 2.74. The summed E-state index contributed by atoms with van der Waals surface area (Å²) >= 11 is 6.80. The van der Waals surface area contributed by atoms with Crippen LogP contribution in [0.15, 0.2) is 30.0 Å². The fourth-order valence-corrected chi connectivity index (χ4v) is 6.92. The fraction of sp³-hybridized carbons (Fsp3) is 0.655. The van der Waals surface area contributed by atoms with Gasteiger partial charge in [0.15, 0.2) is 0 Å². The number of methoxy groups -OCH3 is 1. The number of fused-ring (bicyclic) bond motifs is 1. The van der Waals surface area contributed by atoms with Crippen LogP contribution in [0.1, 0.15) is 78.4 Å². The van der Waals surface area contributed by atoms with Gasteiger partial charge < -0.3 is 14.8 Å². The standard InChI is InChI=1S/C29H39ClN2O4/c1-18-21-13-32(28-14-27(15-28,16-28)23(33)35-7)24(34)31-29(21,17-36-26(18,5)6)20-9-8-19(22(30)12-20)10-11-25(2,3)4/h8-9,12-13,18H,10-11,14-17H2,1-7H3,(H,31,34)/t18?,27?,28?,29-/m0/s1. The van der Waals surface area contributed by atoms with E-state index in [0.29, 0.717) is 25.9 Å². The summed E-state index contributed by atoms with van der Waals surface area (Å²) in [5.41, 5.74) is 1.51. The molecule has 2 atom stereocenters. The Kier molecular flexibility index (Phi) is 5.67. The largest absolute Gasteiger partial charge is 0.469 e. The number of nitrogens with zero attached hydrogens (tertiary/aromatic N) is 1. The lowest BCUT2D eigenvalue weighted by molar-refractivity contribution is -0.219. The Hall–Kier alpha value is -2.05. The molecule has 7 heteroatoms. The molecule has 0 aromatic heterocycles. The minimum absolute atomic E-state index is 0.0515. The minimum atomic E-state index is -0.779. The number of urea groups is 1. The Morgan fingerprint density at radius 2 is 1.92 bits per heavy atom. The number of amides is 2. The van der Waals surface area contributed by atoms with E-state index in [1.165, 1.54) is 7.11 Å². The molecule has 6 nitrogen and oxygen atoms in total. The maximum atomic E-state index is 13.6. The maximum Gasteiger partial charge on any atom is 0.322 e. The van der Waals surface area contributed by atoms with Crippen LogP contribution in [0, 0.1) is 16.7 Å². The van der Waals surface area contributed by atoms with Crippen molar-refractivity contribution in [2.75, 3.05) is 13.7 Å². The third-order valence-electron chi connectivity index (χ3n) is 9.29. The van der Waals surface area contributed by atoms with E-state index in [-0.39, 0.29) is 34.5 Å². The molecule has 2 heterocycles. The van der Waals surface area contributed by atoms with E-state index in [1.807, 2.05) is 11.0 Å². The average molecular weight is 515 g/mol. The molecule has 1 unspecified atom stereocenters. The minimum Gasteiger partial charge on any atom is -0.469 e. The Morgan fingerprint density at radius 1 is 1.25 bits per heavy atom. The Labute approximate surface area is 219 Å². The molecule has 2 aliphatic heterocycles. The van der Waals surface area contributed by atoms with Crippen molar-refractivity contribution in [3.8, 4) is 0 Å². The van der Waals surface area contributed by atoms with Gasteiger partial charge in [-0.2, -0.15) is 0 Å². The molecule has 1 N–H and O–H groups in total. The Morgan fingerprint density at radius 3 is 2.50 bits per heavy atom. The number of carbonyl (C=O) groups is 2. The summed E-state index contributed by atoms with van der Waals surface area (Å²) in [6, 6.07) is 6.04. The number of hydrogen-bond acceptors (Lipinski definition) is 4. The lowest BCUT2D eigenvalue weighted by atomic mass is 9.38. The second-order valence-corrected chi connectivity index (χ2v) is 13.7. The molecular weight excluding hydrogens is 476 g/mol. The van der Waals surface area contributed by atoms with Crippen molar-refractivity contribution in [3.05, 3.63) is 46.1 Å². The molecule has 3 aliphatic carbocycles. The molecule has 2 bridgehead atoms. The van der Waals surface area contributed by atoms with Gasteiger partial charge in [0.2, 0.25) is 0 Å². The van der Waals surface area contributed by atoms with Crippen molar-refractivity contribution in [2.24, 2.45) is 16.7 Å². The lowest BCUT2D eigenvalue weighted by Crippen LogP contribution is -2.79. The molecule has 196 valence electrons. The number of nitrogens with one attached hydrogen (secondary N) is 1. The summed E-state index contributed by atoms with van der Waals surface area (Å²) in [5.74, 6) is -0.110. The number of rotatable bonds is 5. The third kappa shape index (κ3) is 3.70. The first-order chi connectivity index (χ1) is 16.7. The van der Waals surface area contributed by atoms with Crippen molar-refractivity contribution in [2.45, 2.75) is 90.3 Å². The first kappa shape index (κ1) is 25.6. The molecule has 0 radical (unpaired) electrons. The van der Waals surface area contributed by atoms with E-state index in [0.717, 1.165) is 34.6 Å². The molecule has 6 rings (SSSR count). The number of esters is 1. The number of hydrogen-bond donors (Lipinski definition) is 1. The number of benzene rings is 1. The van der Waals surface area contributed by atoms with Crippen molar-refractivity contribution >= 4 is 23.6 Å². The first-order valence-corrected chi connectivity index (χ1v) is 13.4. The summed E-state index contributed by atoms with van der Waals surface area (Å²) in [7, 11) is 1.44. The van der Waals surface area contributed by atoms with Crippen LogP contribution >= 0.6 is 11.6 Å². The van der Waals surface area contributed by atoms with Crippen LogP contribution in [-0.2, 0) is 26.2 Å². The smallest absolute Gasteiger partial charge is 0.322 e. The number of aryl methyl sites for hydroxylation is 1. The Balaban J connectivity index is 1.50. The molecule has 0 spiro atoms. The van der Waals surface area contributed by atoms with Gasteiger partial charge in [0.1, 0.15) is 5.54 Å². The molecule has 1 saturated heterocycles. The summed E-state index contributed by atoms with van der Waals surface area (Å²) in [5, 5.41) is 4.06. The van der Waals surface area contributed by atoms with Crippen LogP contribution in [0.25, 0.3) is 0 Å². The second kappa shape index (κ2) is 7.97. The molecule has 1 aromatic rings. The zero-order chi connectivity index (χ0) is 26.3. The molecule has 5 aliphatic rings. The van der Waals surface area contributed by atoms with Crippen molar-refractivity contribution in [1.82, 2.24) is 10.2 Å². The molecule has 1 aromatic carbocycles. The summed E-state index contributed by atoms with van der Waals surface area (Å²) in [6.45, 7) is 13.4. The van der Waals surface area contributed by atoms with Gasteiger partial charge in [-0.1, -0.05) is 51.4 Å². The predicted molar refractivity (Wildman–Crippen MR) is 140 cm³/mol. The molecule has 4 fully saturated rings. The van der Waals surface area contributed by atoms with Gasteiger partial charge in [-0.3, -0.25) is 9.69 Å². The van der Waals surface area contributed by atoms with E-state index in [2.05, 4.69) is 65.2 Å². The van der Waals surface area contributed by atoms with Crippen molar-refractivity contribution in [3.63, 3.8) is 0 Å². The van der Waals surface area contributed by atoms with Crippen molar-refractivity contribution in [1.29, 1.82) is 0 Å². The number of carbonyl (C=O) groups excluding carboxylic acids is 2. The van der Waals surface area contributed by atoms with Crippen LogP contribution < -0.4 is 5.32 Å². The van der Waals surface area contributed by atoms with Crippen LogP contribution in [0.3, 0.4) is 0 Å². The number of ether oxygens (including phenoxy) is 2. The van der Waals surface area contributed by atoms with Crippen LogP contribution in [0.4, 0.5) is 4.79 Å². The van der Waals surface area contributed by atoms with Gasteiger partial charge in [-0.05, 0) is 74.1 Å². The molecule has 3 saturated carbocycles. The summed E-state index contributed by atoms with van der Waals surface area (Å²) < 4.78 is 11.4. The van der Waals surface area contributed by atoms with E-state index in [9.17, 15) is 9.59 Å². The zero-order valence-corrected chi connectivity index (χ0v) is 23.3. The SMILES string of the molecule is COC(=O)C12CC(N3C=C4C(C)C(C)(C)OC[C@@]4(c4ccc(CCC(C)(C)C)c(Cl)c4)NC3=O)(C1)C2. The maximum absolute atomic E-state index is 13.6. The molecular formula is C29H39ClN2O4. The van der Waals surface area contributed by atoms with Gasteiger partial charge in [0.05, 0.1) is 30.3 Å².